The van der Waals surface area contributed by atoms with Gasteiger partial charge in [0.25, 0.3) is 0 Å². The highest BCUT2D eigenvalue weighted by Gasteiger charge is 1.97. The van der Waals surface area contributed by atoms with E-state index < -0.39 is 0 Å². The quantitative estimate of drug-likeness (QED) is 0.710. The van der Waals surface area contributed by atoms with Gasteiger partial charge < -0.3 is 5.32 Å². The van der Waals surface area contributed by atoms with Crippen molar-refractivity contribution in [2.45, 2.75) is 12.8 Å². The minimum atomic E-state index is 0.0796. The number of thiol groups is 1. The van der Waals surface area contributed by atoms with Crippen molar-refractivity contribution < 1.29 is 4.79 Å². The van der Waals surface area contributed by atoms with Crippen LogP contribution in [-0.4, -0.2) is 18.2 Å². The molecule has 0 unspecified atom stereocenters. The third-order valence-corrected chi connectivity index (χ3v) is 2.14. The van der Waals surface area contributed by atoms with Gasteiger partial charge >= 0.3 is 0 Å². The van der Waals surface area contributed by atoms with E-state index in [1.807, 2.05) is 18.2 Å². The van der Waals surface area contributed by atoms with Crippen LogP contribution in [0.15, 0.2) is 30.3 Å². The zero-order valence-corrected chi connectivity index (χ0v) is 8.97. The third kappa shape index (κ3) is 4.33. The maximum Gasteiger partial charge on any atom is 0.220 e. The van der Waals surface area contributed by atoms with Crippen LogP contribution in [0.4, 0.5) is 0 Å². The van der Waals surface area contributed by atoms with E-state index in [0.717, 1.165) is 6.42 Å². The average Bonchev–Trinajstić information content (AvgIpc) is 2.20. The lowest BCUT2D eigenvalue weighted by Gasteiger charge is -2.03. The van der Waals surface area contributed by atoms with E-state index in [1.54, 1.807) is 0 Å². The molecule has 1 N–H and O–H groups in total. The van der Waals surface area contributed by atoms with E-state index in [0.29, 0.717) is 18.7 Å². The minimum absolute atomic E-state index is 0.0796. The van der Waals surface area contributed by atoms with Gasteiger partial charge in [0.05, 0.1) is 0 Å². The molecule has 0 aliphatic carbocycles. The lowest BCUT2D eigenvalue weighted by molar-refractivity contribution is -0.120. The fourth-order valence-corrected chi connectivity index (χ4v) is 1.38. The zero-order chi connectivity index (χ0) is 10.2. The predicted octanol–water partition coefficient (Wildman–Crippen LogP) is 1.67. The Balaban J connectivity index is 2.19. The Bertz CT molecular complexity index is 274. The van der Waals surface area contributed by atoms with Crippen molar-refractivity contribution in [2.75, 3.05) is 12.3 Å². The van der Waals surface area contributed by atoms with Gasteiger partial charge in [0.2, 0.25) is 5.91 Å². The molecule has 0 saturated heterocycles. The van der Waals surface area contributed by atoms with Gasteiger partial charge in [-0.1, -0.05) is 30.3 Å². The molecular weight excluding hydrogens is 194 g/mol. The van der Waals surface area contributed by atoms with Gasteiger partial charge in [-0.3, -0.25) is 4.79 Å². The molecule has 3 heteroatoms. The van der Waals surface area contributed by atoms with Crippen LogP contribution in [0, 0.1) is 0 Å². The Morgan fingerprint density at radius 3 is 2.64 bits per heavy atom. The first-order chi connectivity index (χ1) is 6.83. The summed E-state index contributed by atoms with van der Waals surface area (Å²) in [6.07, 6.45) is 1.39. The Labute approximate surface area is 90.1 Å². The van der Waals surface area contributed by atoms with Crippen LogP contribution in [0.3, 0.4) is 0 Å². The summed E-state index contributed by atoms with van der Waals surface area (Å²) >= 11 is 3.99. The number of hydrogen-bond donors (Lipinski definition) is 2. The summed E-state index contributed by atoms with van der Waals surface area (Å²) in [5, 5.41) is 2.84. The summed E-state index contributed by atoms with van der Waals surface area (Å²) in [5.41, 5.74) is 1.25. The highest BCUT2D eigenvalue weighted by atomic mass is 32.1. The molecule has 0 saturated carbocycles. The third-order valence-electron chi connectivity index (χ3n) is 1.92. The second-order valence-electron chi connectivity index (χ2n) is 3.06. The van der Waals surface area contributed by atoms with E-state index in [2.05, 4.69) is 30.1 Å². The first-order valence-corrected chi connectivity index (χ1v) is 5.37. The van der Waals surface area contributed by atoms with E-state index in [4.69, 9.17) is 0 Å². The fourth-order valence-electron chi connectivity index (χ4n) is 1.18. The summed E-state index contributed by atoms with van der Waals surface area (Å²) in [7, 11) is 0. The molecule has 2 nitrogen and oxygen atoms in total. The van der Waals surface area contributed by atoms with Crippen LogP contribution < -0.4 is 5.32 Å². The Morgan fingerprint density at radius 2 is 2.00 bits per heavy atom. The van der Waals surface area contributed by atoms with Crippen LogP contribution in [0.25, 0.3) is 0 Å². The number of benzene rings is 1. The summed E-state index contributed by atoms with van der Waals surface area (Å²) in [6, 6.07) is 10.1. The van der Waals surface area contributed by atoms with Crippen LogP contribution in [0.1, 0.15) is 12.0 Å². The number of rotatable bonds is 5. The number of carbonyl (C=O) groups is 1. The van der Waals surface area contributed by atoms with Crippen LogP contribution in [0.2, 0.25) is 0 Å². The summed E-state index contributed by atoms with van der Waals surface area (Å²) in [5.74, 6) is 0.688. The molecule has 14 heavy (non-hydrogen) atoms. The second-order valence-corrected chi connectivity index (χ2v) is 3.51. The number of hydrogen-bond acceptors (Lipinski definition) is 2. The number of nitrogens with one attached hydrogen (secondary N) is 1. The molecule has 0 bridgehead atoms. The van der Waals surface area contributed by atoms with Crippen molar-refractivity contribution in [3.05, 3.63) is 35.9 Å². The molecule has 1 amide bonds. The Kier molecular flexibility index (Phi) is 5.15. The van der Waals surface area contributed by atoms with Crippen molar-refractivity contribution >= 4 is 18.5 Å². The maximum atomic E-state index is 11.1. The standard InChI is InChI=1S/C11H15NOS/c13-11(7-9-14)12-8-6-10-4-2-1-3-5-10/h1-5,14H,6-9H2,(H,12,13). The number of carbonyl (C=O) groups excluding carboxylic acids is 1. The summed E-state index contributed by atoms with van der Waals surface area (Å²) in [6.45, 7) is 0.705. The van der Waals surface area contributed by atoms with E-state index >= 15 is 0 Å². The fraction of sp³-hybridized carbons (Fsp3) is 0.364. The first kappa shape index (κ1) is 11.1. The van der Waals surface area contributed by atoms with Crippen LogP contribution >= 0.6 is 12.6 Å². The highest BCUT2D eigenvalue weighted by Crippen LogP contribution is 1.98. The zero-order valence-electron chi connectivity index (χ0n) is 8.07. The molecule has 76 valence electrons. The summed E-state index contributed by atoms with van der Waals surface area (Å²) in [4.78, 5) is 11.1. The topological polar surface area (TPSA) is 29.1 Å². The number of amides is 1. The van der Waals surface area contributed by atoms with Gasteiger partial charge in [-0.25, -0.2) is 0 Å². The van der Waals surface area contributed by atoms with E-state index in [-0.39, 0.29) is 5.91 Å². The smallest absolute Gasteiger partial charge is 0.220 e. The molecule has 0 aliphatic heterocycles. The Hall–Kier alpha value is -0.960. The Morgan fingerprint density at radius 1 is 1.29 bits per heavy atom. The van der Waals surface area contributed by atoms with Crippen LogP contribution in [0.5, 0.6) is 0 Å². The van der Waals surface area contributed by atoms with Gasteiger partial charge in [-0.05, 0) is 17.7 Å². The van der Waals surface area contributed by atoms with Gasteiger partial charge in [0.15, 0.2) is 0 Å². The van der Waals surface area contributed by atoms with Gasteiger partial charge in [-0.15, -0.1) is 0 Å². The molecule has 0 aromatic heterocycles. The predicted molar refractivity (Wildman–Crippen MR) is 61.6 cm³/mol. The van der Waals surface area contributed by atoms with Gasteiger partial charge in [0, 0.05) is 13.0 Å². The van der Waals surface area contributed by atoms with E-state index in [9.17, 15) is 4.79 Å². The van der Waals surface area contributed by atoms with Gasteiger partial charge in [-0.2, -0.15) is 12.6 Å². The molecule has 0 heterocycles. The lowest BCUT2D eigenvalue weighted by atomic mass is 10.1. The van der Waals surface area contributed by atoms with E-state index in [1.165, 1.54) is 5.56 Å². The minimum Gasteiger partial charge on any atom is -0.356 e. The summed E-state index contributed by atoms with van der Waals surface area (Å²) < 4.78 is 0. The maximum absolute atomic E-state index is 11.1. The molecule has 0 fully saturated rings. The molecule has 0 aliphatic rings. The van der Waals surface area contributed by atoms with Gasteiger partial charge in [0.1, 0.15) is 0 Å². The van der Waals surface area contributed by atoms with Crippen molar-refractivity contribution in [3.63, 3.8) is 0 Å². The largest absolute Gasteiger partial charge is 0.356 e. The van der Waals surface area contributed by atoms with Crippen molar-refractivity contribution in [3.8, 4) is 0 Å². The monoisotopic (exact) mass is 209 g/mol. The SMILES string of the molecule is O=C(CCS)NCCc1ccccc1. The molecule has 1 aromatic carbocycles. The molecule has 0 spiro atoms. The molecule has 0 radical (unpaired) electrons. The molecule has 0 atom stereocenters. The van der Waals surface area contributed by atoms with Crippen molar-refractivity contribution in [2.24, 2.45) is 0 Å². The molecule has 1 rings (SSSR count). The van der Waals surface area contributed by atoms with Crippen molar-refractivity contribution in [1.82, 2.24) is 5.32 Å². The lowest BCUT2D eigenvalue weighted by Crippen LogP contribution is -2.25. The van der Waals surface area contributed by atoms with Crippen molar-refractivity contribution in [1.29, 1.82) is 0 Å². The first-order valence-electron chi connectivity index (χ1n) is 4.74. The molecule has 1 aromatic rings. The molecular formula is C11H15NOS. The van der Waals surface area contributed by atoms with Crippen LogP contribution in [-0.2, 0) is 11.2 Å². The average molecular weight is 209 g/mol. The normalized spacial score (nSPS) is 9.79. The highest BCUT2D eigenvalue weighted by molar-refractivity contribution is 7.80. The second kappa shape index (κ2) is 6.49.